The van der Waals surface area contributed by atoms with Crippen molar-refractivity contribution in [1.29, 1.82) is 0 Å². The minimum Gasteiger partial charge on any atom is -0.488 e. The Morgan fingerprint density at radius 2 is 1.90 bits per heavy atom. The highest BCUT2D eigenvalue weighted by atomic mass is 79.9. The van der Waals surface area contributed by atoms with Gasteiger partial charge in [-0.15, -0.1) is 0 Å². The van der Waals surface area contributed by atoms with Gasteiger partial charge in [0.1, 0.15) is 24.6 Å². The summed E-state index contributed by atoms with van der Waals surface area (Å²) in [7, 11) is 1.19. The first kappa shape index (κ1) is 20.6. The van der Waals surface area contributed by atoms with Crippen LogP contribution in [-0.2, 0) is 20.9 Å². The zero-order chi connectivity index (χ0) is 21.0. The number of esters is 1. The van der Waals surface area contributed by atoms with Crippen LogP contribution in [0.2, 0.25) is 0 Å². The van der Waals surface area contributed by atoms with Crippen LogP contribution in [-0.4, -0.2) is 36.5 Å². The van der Waals surface area contributed by atoms with Crippen molar-refractivity contribution in [3.8, 4) is 5.75 Å². The van der Waals surface area contributed by atoms with Gasteiger partial charge in [-0.2, -0.15) is 0 Å². The molecule has 3 rings (SSSR count). The number of hydrogen-bond donors (Lipinski definition) is 1. The van der Waals surface area contributed by atoms with Crippen LogP contribution in [0.15, 0.2) is 52.6 Å². The Hall–Kier alpha value is -3.13. The van der Waals surface area contributed by atoms with Crippen molar-refractivity contribution in [2.45, 2.75) is 13.5 Å². The monoisotopic (exact) mass is 458 g/mol. The van der Waals surface area contributed by atoms with Crippen LogP contribution in [0, 0.1) is 6.92 Å². The van der Waals surface area contributed by atoms with E-state index >= 15 is 0 Å². The van der Waals surface area contributed by atoms with Gasteiger partial charge in [0.2, 0.25) is 0 Å². The topological polar surface area (TPSA) is 84.9 Å². The van der Waals surface area contributed by atoms with Gasteiger partial charge in [-0.3, -0.25) is 9.59 Å². The molecule has 2 aromatic carbocycles. The van der Waals surface area contributed by atoms with E-state index in [1.165, 1.54) is 18.7 Å². The third-order valence-electron chi connectivity index (χ3n) is 4.26. The highest BCUT2D eigenvalue weighted by molar-refractivity contribution is 9.10. The van der Waals surface area contributed by atoms with Crippen LogP contribution in [0.1, 0.15) is 16.7 Å². The Labute approximate surface area is 176 Å². The molecule has 29 heavy (non-hydrogen) atoms. The van der Waals surface area contributed by atoms with Crippen LogP contribution in [0.3, 0.4) is 0 Å². The number of nitrogens with one attached hydrogen (secondary N) is 1. The van der Waals surface area contributed by atoms with Crippen molar-refractivity contribution < 1.29 is 23.9 Å². The van der Waals surface area contributed by atoms with E-state index in [-0.39, 0.29) is 5.70 Å². The van der Waals surface area contributed by atoms with Gasteiger partial charge in [0.15, 0.2) is 0 Å². The maximum Gasteiger partial charge on any atom is 0.329 e. The zero-order valence-electron chi connectivity index (χ0n) is 15.9. The number of urea groups is 1. The first-order chi connectivity index (χ1) is 13.9. The number of carbonyl (C=O) groups is 3. The third-order valence-corrected chi connectivity index (χ3v) is 4.88. The fourth-order valence-electron chi connectivity index (χ4n) is 2.64. The number of ether oxygens (including phenoxy) is 2. The molecule has 3 amide bonds. The Morgan fingerprint density at radius 1 is 1.17 bits per heavy atom. The lowest BCUT2D eigenvalue weighted by molar-refractivity contribution is -0.143. The number of amides is 3. The molecule has 0 aromatic heterocycles. The molecule has 0 aliphatic carbocycles. The Morgan fingerprint density at radius 3 is 2.55 bits per heavy atom. The average molecular weight is 459 g/mol. The summed E-state index contributed by atoms with van der Waals surface area (Å²) in [6.07, 6.45) is 1.53. The van der Waals surface area contributed by atoms with Crippen molar-refractivity contribution >= 4 is 39.9 Å². The molecule has 1 N–H and O–H groups in total. The van der Waals surface area contributed by atoms with Gasteiger partial charge >= 0.3 is 12.0 Å². The van der Waals surface area contributed by atoms with Gasteiger partial charge in [0.05, 0.1) is 11.6 Å². The summed E-state index contributed by atoms with van der Waals surface area (Å²) < 4.78 is 11.0. The van der Waals surface area contributed by atoms with Crippen molar-refractivity contribution in [1.82, 2.24) is 10.2 Å². The highest BCUT2D eigenvalue weighted by Crippen LogP contribution is 2.28. The number of carbonyl (C=O) groups excluding carboxylic acids is 3. The molecule has 0 spiro atoms. The molecule has 0 bridgehead atoms. The van der Waals surface area contributed by atoms with E-state index in [9.17, 15) is 14.4 Å². The molecule has 8 heteroatoms. The van der Waals surface area contributed by atoms with Gasteiger partial charge < -0.3 is 14.8 Å². The van der Waals surface area contributed by atoms with Gasteiger partial charge in [0, 0.05) is 0 Å². The molecule has 0 saturated carbocycles. The van der Waals surface area contributed by atoms with Crippen LogP contribution in [0.25, 0.3) is 6.08 Å². The van der Waals surface area contributed by atoms with E-state index in [4.69, 9.17) is 4.74 Å². The second-order valence-electron chi connectivity index (χ2n) is 6.42. The molecular weight excluding hydrogens is 440 g/mol. The van der Waals surface area contributed by atoms with E-state index < -0.39 is 24.5 Å². The van der Waals surface area contributed by atoms with Crippen LogP contribution in [0.5, 0.6) is 5.75 Å². The number of hydrogen-bond acceptors (Lipinski definition) is 5. The first-order valence-corrected chi connectivity index (χ1v) is 9.56. The Balaban J connectivity index is 1.69. The summed E-state index contributed by atoms with van der Waals surface area (Å²) in [6, 6.07) is 12.7. The van der Waals surface area contributed by atoms with E-state index in [0.717, 1.165) is 10.5 Å². The zero-order valence-corrected chi connectivity index (χ0v) is 17.5. The van der Waals surface area contributed by atoms with Crippen LogP contribution in [0.4, 0.5) is 4.79 Å². The number of rotatable bonds is 6. The summed E-state index contributed by atoms with van der Waals surface area (Å²) in [5.74, 6) is -0.606. The number of imide groups is 1. The van der Waals surface area contributed by atoms with E-state index in [0.29, 0.717) is 22.4 Å². The van der Waals surface area contributed by atoms with Crippen molar-refractivity contribution in [3.63, 3.8) is 0 Å². The largest absolute Gasteiger partial charge is 0.488 e. The minimum absolute atomic E-state index is 0.0825. The van der Waals surface area contributed by atoms with Crippen LogP contribution < -0.4 is 10.1 Å². The molecule has 7 nitrogen and oxygen atoms in total. The average Bonchev–Trinajstić information content (AvgIpc) is 2.96. The predicted octanol–water partition coefficient (Wildman–Crippen LogP) is 3.40. The molecule has 0 atom stereocenters. The maximum atomic E-state index is 12.3. The molecular formula is C21H19BrN2O5. The fraction of sp³-hybridized carbons (Fsp3) is 0.190. The van der Waals surface area contributed by atoms with Crippen molar-refractivity contribution in [2.24, 2.45) is 0 Å². The fourth-order valence-corrected chi connectivity index (χ4v) is 3.16. The lowest BCUT2D eigenvalue weighted by Gasteiger charge is -2.10. The number of aryl methyl sites for hydroxylation is 1. The summed E-state index contributed by atoms with van der Waals surface area (Å²) in [5, 5.41) is 2.46. The van der Waals surface area contributed by atoms with Crippen LogP contribution >= 0.6 is 15.9 Å². The molecule has 1 fully saturated rings. The summed E-state index contributed by atoms with van der Waals surface area (Å²) in [6.45, 7) is 2.02. The summed E-state index contributed by atoms with van der Waals surface area (Å²) in [5.41, 5.74) is 3.01. The molecule has 1 aliphatic rings. The minimum atomic E-state index is -0.674. The van der Waals surface area contributed by atoms with Gasteiger partial charge in [-0.1, -0.05) is 35.9 Å². The number of halogens is 1. The number of nitrogens with zero attached hydrogens (tertiary/aromatic N) is 1. The quantitative estimate of drug-likeness (QED) is 0.407. The Kier molecular flexibility index (Phi) is 6.33. The number of benzene rings is 2. The SMILES string of the molecule is COC(=O)CN1C(=O)N/C(=C/c2ccc(OCc3ccc(C)cc3)c(Br)c2)C1=O. The maximum absolute atomic E-state index is 12.3. The number of methoxy groups -OCH3 is 1. The van der Waals surface area contributed by atoms with E-state index in [2.05, 4.69) is 26.0 Å². The predicted molar refractivity (Wildman–Crippen MR) is 110 cm³/mol. The van der Waals surface area contributed by atoms with Gasteiger partial charge in [0.25, 0.3) is 5.91 Å². The second-order valence-corrected chi connectivity index (χ2v) is 7.27. The third kappa shape index (κ3) is 5.03. The normalized spacial score (nSPS) is 14.9. The molecule has 0 radical (unpaired) electrons. The van der Waals surface area contributed by atoms with Crippen molar-refractivity contribution in [2.75, 3.05) is 13.7 Å². The Bertz CT molecular complexity index is 985. The molecule has 150 valence electrons. The molecule has 1 saturated heterocycles. The molecule has 2 aromatic rings. The molecule has 1 heterocycles. The lowest BCUT2D eigenvalue weighted by Crippen LogP contribution is -2.36. The van der Waals surface area contributed by atoms with E-state index in [1.54, 1.807) is 18.2 Å². The van der Waals surface area contributed by atoms with Crippen molar-refractivity contribution in [3.05, 3.63) is 69.3 Å². The van der Waals surface area contributed by atoms with E-state index in [1.807, 2.05) is 31.2 Å². The molecule has 0 unspecified atom stereocenters. The summed E-state index contributed by atoms with van der Waals surface area (Å²) in [4.78, 5) is 36.4. The summed E-state index contributed by atoms with van der Waals surface area (Å²) >= 11 is 3.46. The highest BCUT2D eigenvalue weighted by Gasteiger charge is 2.35. The first-order valence-electron chi connectivity index (χ1n) is 8.76. The van der Waals surface area contributed by atoms with Gasteiger partial charge in [-0.25, -0.2) is 9.69 Å². The smallest absolute Gasteiger partial charge is 0.329 e. The molecule has 1 aliphatic heterocycles. The lowest BCUT2D eigenvalue weighted by atomic mass is 10.1. The van der Waals surface area contributed by atoms with Gasteiger partial charge in [-0.05, 0) is 52.2 Å². The second kappa shape index (κ2) is 8.91. The standard InChI is InChI=1S/C21H19BrN2O5/c1-13-3-5-14(6-4-13)12-29-18-8-7-15(9-16(18)22)10-17-20(26)24(21(27)23-17)11-19(25)28-2/h3-10H,11-12H2,1-2H3,(H,23,27)/b17-10+.